The van der Waals surface area contributed by atoms with E-state index >= 15 is 0 Å². The van der Waals surface area contributed by atoms with Crippen molar-refractivity contribution in [1.29, 1.82) is 0 Å². The minimum absolute atomic E-state index is 0.0673. The summed E-state index contributed by atoms with van der Waals surface area (Å²) < 4.78 is 5.88. The lowest BCUT2D eigenvalue weighted by molar-refractivity contribution is -0.137. The number of nitrogens with zero attached hydrogens (tertiary/aromatic N) is 2. The Morgan fingerprint density at radius 2 is 1.57 bits per heavy atom. The fourth-order valence-corrected chi connectivity index (χ4v) is 6.26. The summed E-state index contributed by atoms with van der Waals surface area (Å²) in [5.74, 6) is -0.217. The number of hydrogen-bond acceptors (Lipinski definition) is 3. The number of carbonyl (C=O) groups is 2. The zero-order valence-electron chi connectivity index (χ0n) is 25.4. The van der Waals surface area contributed by atoms with E-state index in [1.807, 2.05) is 81.1 Å². The topological polar surface area (TPSA) is 70.1 Å². The summed E-state index contributed by atoms with van der Waals surface area (Å²) in [6.45, 7) is 8.20. The Bertz CT molecular complexity index is 1460. The largest absolute Gasteiger partial charge is 0.490 e. The van der Waals surface area contributed by atoms with Crippen LogP contribution >= 0.6 is 46.4 Å². The molecule has 0 radical (unpaired) electrons. The first-order chi connectivity index (χ1) is 20.7. The zero-order valence-corrected chi connectivity index (χ0v) is 28.4. The lowest BCUT2D eigenvalue weighted by Crippen LogP contribution is -2.51. The Balaban J connectivity index is 1.51. The molecule has 1 saturated carbocycles. The fraction of sp³-hybridized carbons (Fsp3) is 0.412. The van der Waals surface area contributed by atoms with Crippen LogP contribution in [0.5, 0.6) is 5.75 Å². The van der Waals surface area contributed by atoms with Crippen LogP contribution in [-0.4, -0.2) is 51.6 Å². The molecule has 236 valence electrons. The maximum Gasteiger partial charge on any atom is 0.407 e. The Kier molecular flexibility index (Phi) is 11.4. The highest BCUT2D eigenvalue weighted by Crippen LogP contribution is 2.35. The van der Waals surface area contributed by atoms with Gasteiger partial charge in [-0.2, -0.15) is 0 Å². The number of hydrogen-bond donors (Lipinski definition) is 1. The minimum atomic E-state index is -1.06. The monoisotopic (exact) mass is 678 g/mol. The summed E-state index contributed by atoms with van der Waals surface area (Å²) >= 11 is 25.4. The highest BCUT2D eigenvalue weighted by molar-refractivity contribution is 6.42. The van der Waals surface area contributed by atoms with Crippen molar-refractivity contribution in [2.45, 2.75) is 71.5 Å². The van der Waals surface area contributed by atoms with Crippen molar-refractivity contribution in [2.24, 2.45) is 5.92 Å². The van der Waals surface area contributed by atoms with Crippen LogP contribution in [0.25, 0.3) is 0 Å². The quantitative estimate of drug-likeness (QED) is 0.207. The number of aryl methyl sites for hydroxylation is 1. The normalized spacial score (nSPS) is 13.8. The first-order valence-corrected chi connectivity index (χ1v) is 16.2. The van der Waals surface area contributed by atoms with Crippen molar-refractivity contribution in [3.8, 4) is 5.75 Å². The summed E-state index contributed by atoms with van der Waals surface area (Å²) in [5, 5.41) is 11.9. The molecule has 3 aromatic rings. The second-order valence-corrected chi connectivity index (χ2v) is 13.9. The third kappa shape index (κ3) is 8.97. The van der Waals surface area contributed by atoms with Gasteiger partial charge in [-0.15, -0.1) is 0 Å². The van der Waals surface area contributed by atoms with Gasteiger partial charge in [0.05, 0.1) is 32.6 Å². The molecule has 1 aliphatic carbocycles. The predicted octanol–water partition coefficient (Wildman–Crippen LogP) is 9.36. The average Bonchev–Trinajstić information content (AvgIpc) is 3.78. The summed E-state index contributed by atoms with van der Waals surface area (Å²) in [4.78, 5) is 29.7. The maximum atomic E-state index is 14.2. The van der Waals surface area contributed by atoms with Crippen molar-refractivity contribution < 1.29 is 19.4 Å². The van der Waals surface area contributed by atoms with Crippen LogP contribution in [0.15, 0.2) is 54.6 Å². The standard InChI is InChI=1S/C34H38Cl4N2O4/c1-21-16-28(36)31(29(37)17-21)44-15-14-22-8-10-23(11-9-22)18-25(20-40(33(42)43)34(2,3)4)32(41)39(26-12-13-26)19-24-6-5-7-27(35)30(24)38/h5-11,16-17,25-26H,12-15,18-20H2,1-4H3,(H,42,43). The van der Waals surface area contributed by atoms with E-state index in [0.717, 1.165) is 35.1 Å². The molecule has 0 bridgehead atoms. The van der Waals surface area contributed by atoms with Crippen molar-refractivity contribution in [3.63, 3.8) is 0 Å². The van der Waals surface area contributed by atoms with Crippen LogP contribution in [0.1, 0.15) is 55.9 Å². The molecule has 0 spiro atoms. The summed E-state index contributed by atoms with van der Waals surface area (Å²) in [5.41, 5.74) is 3.03. The van der Waals surface area contributed by atoms with E-state index in [1.54, 1.807) is 6.07 Å². The molecular weight excluding hydrogens is 642 g/mol. The van der Waals surface area contributed by atoms with Gasteiger partial charge in [0.15, 0.2) is 5.75 Å². The summed E-state index contributed by atoms with van der Waals surface area (Å²) in [6, 6.07) is 17.1. The van der Waals surface area contributed by atoms with Gasteiger partial charge in [-0.25, -0.2) is 4.79 Å². The molecule has 0 aliphatic heterocycles. The molecule has 3 aromatic carbocycles. The van der Waals surface area contributed by atoms with Gasteiger partial charge in [-0.1, -0.05) is 82.8 Å². The number of carbonyl (C=O) groups excluding carboxylic acids is 1. The molecule has 1 atom stereocenters. The minimum Gasteiger partial charge on any atom is -0.490 e. The summed E-state index contributed by atoms with van der Waals surface area (Å²) in [6.07, 6.45) is 1.75. The van der Waals surface area contributed by atoms with Gasteiger partial charge in [0.2, 0.25) is 5.91 Å². The van der Waals surface area contributed by atoms with Crippen LogP contribution in [0.2, 0.25) is 20.1 Å². The summed E-state index contributed by atoms with van der Waals surface area (Å²) in [7, 11) is 0. The van der Waals surface area contributed by atoms with E-state index in [2.05, 4.69) is 0 Å². The van der Waals surface area contributed by atoms with E-state index in [4.69, 9.17) is 51.1 Å². The van der Waals surface area contributed by atoms with Crippen LogP contribution in [0, 0.1) is 12.8 Å². The Hall–Kier alpha value is -2.64. The van der Waals surface area contributed by atoms with Crippen molar-refractivity contribution >= 4 is 58.4 Å². The highest BCUT2D eigenvalue weighted by atomic mass is 35.5. The van der Waals surface area contributed by atoms with Crippen molar-refractivity contribution in [3.05, 3.63) is 96.9 Å². The smallest absolute Gasteiger partial charge is 0.407 e. The third-order valence-corrected chi connectivity index (χ3v) is 9.14. The number of rotatable bonds is 12. The van der Waals surface area contributed by atoms with E-state index in [0.29, 0.717) is 51.8 Å². The lowest BCUT2D eigenvalue weighted by atomic mass is 9.94. The van der Waals surface area contributed by atoms with E-state index in [9.17, 15) is 14.7 Å². The molecule has 0 aromatic heterocycles. The SMILES string of the molecule is Cc1cc(Cl)c(OCCc2ccc(CC(CN(C(=O)O)C(C)(C)C)C(=O)N(Cc3cccc(Cl)c3Cl)C3CC3)cc2)c(Cl)c1. The highest BCUT2D eigenvalue weighted by Gasteiger charge is 2.39. The number of benzene rings is 3. The average molecular weight is 680 g/mol. The lowest BCUT2D eigenvalue weighted by Gasteiger charge is -2.37. The van der Waals surface area contributed by atoms with Crippen LogP contribution < -0.4 is 4.74 Å². The number of halogens is 4. The molecule has 1 fully saturated rings. The Morgan fingerprint density at radius 3 is 2.14 bits per heavy atom. The molecule has 1 N–H and O–H groups in total. The first kappa shape index (κ1) is 34.2. The molecule has 1 aliphatic rings. The van der Waals surface area contributed by atoms with Crippen molar-refractivity contribution in [1.82, 2.24) is 9.80 Å². The fourth-order valence-electron chi connectivity index (χ4n) is 5.17. The maximum absolute atomic E-state index is 14.2. The molecule has 6 nitrogen and oxygen atoms in total. The number of carboxylic acid groups (broad SMARTS) is 1. The molecule has 0 saturated heterocycles. The Morgan fingerprint density at radius 1 is 0.955 bits per heavy atom. The van der Waals surface area contributed by atoms with E-state index in [1.165, 1.54) is 4.90 Å². The second kappa shape index (κ2) is 14.6. The van der Waals surface area contributed by atoms with Crippen LogP contribution in [0.4, 0.5) is 4.79 Å². The van der Waals surface area contributed by atoms with Gasteiger partial charge >= 0.3 is 6.09 Å². The molecule has 10 heteroatoms. The van der Waals surface area contributed by atoms with Crippen LogP contribution in [0.3, 0.4) is 0 Å². The molecule has 0 heterocycles. The van der Waals surface area contributed by atoms with E-state index < -0.39 is 17.6 Å². The number of ether oxygens (including phenoxy) is 1. The second-order valence-electron chi connectivity index (χ2n) is 12.3. The molecule has 44 heavy (non-hydrogen) atoms. The molecule has 1 unspecified atom stereocenters. The number of amides is 2. The van der Waals surface area contributed by atoms with Gasteiger partial charge in [-0.3, -0.25) is 4.79 Å². The van der Waals surface area contributed by atoms with Crippen molar-refractivity contribution in [2.75, 3.05) is 13.2 Å². The van der Waals surface area contributed by atoms with Gasteiger partial charge in [0, 0.05) is 31.1 Å². The zero-order chi connectivity index (χ0) is 32.2. The van der Waals surface area contributed by atoms with Gasteiger partial charge < -0.3 is 19.6 Å². The predicted molar refractivity (Wildman–Crippen MR) is 179 cm³/mol. The van der Waals surface area contributed by atoms with Gasteiger partial charge in [-0.05, 0) is 87.4 Å². The molecule has 4 rings (SSSR count). The Labute approximate surface area is 279 Å². The molecular formula is C34H38Cl4N2O4. The molecule has 2 amide bonds. The van der Waals surface area contributed by atoms with Gasteiger partial charge in [0.25, 0.3) is 0 Å². The third-order valence-electron chi connectivity index (χ3n) is 7.72. The van der Waals surface area contributed by atoms with E-state index in [-0.39, 0.29) is 18.5 Å². The first-order valence-electron chi connectivity index (χ1n) is 14.6. The van der Waals surface area contributed by atoms with Crippen LogP contribution in [-0.2, 0) is 24.2 Å². The van der Waals surface area contributed by atoms with Gasteiger partial charge in [0.1, 0.15) is 0 Å².